The molecular formula is C33H36N6O4. The number of benzene rings is 2. The van der Waals surface area contributed by atoms with E-state index in [1.165, 1.54) is 11.3 Å². The molecule has 0 saturated heterocycles. The van der Waals surface area contributed by atoms with E-state index < -0.39 is 6.09 Å². The Morgan fingerprint density at radius 2 is 1.91 bits per heavy atom. The number of hydrogen-bond donors (Lipinski definition) is 1. The molecule has 10 nitrogen and oxygen atoms in total. The molecule has 1 amide bonds. The summed E-state index contributed by atoms with van der Waals surface area (Å²) in [6, 6.07) is 15.6. The predicted molar refractivity (Wildman–Crippen MR) is 166 cm³/mol. The van der Waals surface area contributed by atoms with Crippen molar-refractivity contribution in [3.63, 3.8) is 0 Å². The SMILES string of the molecule is COc1cc(N2C=CC(N(C)C(=O)OCc3ccccc3)=CC2)ccc1-c1nc2c(C)nn(C3CCCCC3)c2c(=O)[nH]1. The van der Waals surface area contributed by atoms with E-state index in [0.717, 1.165) is 48.3 Å². The number of aromatic amines is 1. The van der Waals surface area contributed by atoms with Gasteiger partial charge in [-0.1, -0.05) is 49.6 Å². The van der Waals surface area contributed by atoms with Gasteiger partial charge in [-0.15, -0.1) is 0 Å². The number of carbonyl (C=O) groups is 1. The molecule has 3 heterocycles. The van der Waals surface area contributed by atoms with E-state index in [1.54, 1.807) is 14.2 Å². The summed E-state index contributed by atoms with van der Waals surface area (Å²) in [4.78, 5) is 37.3. The summed E-state index contributed by atoms with van der Waals surface area (Å²) < 4.78 is 13.1. The van der Waals surface area contributed by atoms with E-state index in [9.17, 15) is 9.59 Å². The first-order valence-corrected chi connectivity index (χ1v) is 14.7. The van der Waals surface area contributed by atoms with Crippen LogP contribution >= 0.6 is 0 Å². The first kappa shape index (κ1) is 28.3. The largest absolute Gasteiger partial charge is 0.496 e. The number of amides is 1. The highest BCUT2D eigenvalue weighted by molar-refractivity contribution is 5.80. The maximum Gasteiger partial charge on any atom is 0.414 e. The number of aryl methyl sites for hydroxylation is 1. The van der Waals surface area contributed by atoms with Gasteiger partial charge in [-0.2, -0.15) is 5.10 Å². The lowest BCUT2D eigenvalue weighted by atomic mass is 9.95. The Kier molecular flexibility index (Phi) is 8.00. The fourth-order valence-corrected chi connectivity index (χ4v) is 5.81. The second-order valence-corrected chi connectivity index (χ2v) is 11.0. The normalized spacial score (nSPS) is 15.4. The molecule has 4 aromatic rings. The molecule has 0 radical (unpaired) electrons. The molecule has 10 heteroatoms. The highest BCUT2D eigenvalue weighted by Crippen LogP contribution is 2.34. The number of methoxy groups -OCH3 is 1. The minimum absolute atomic E-state index is 0.194. The molecule has 6 rings (SSSR count). The molecule has 0 spiro atoms. The maximum atomic E-state index is 13.4. The lowest BCUT2D eigenvalue weighted by Gasteiger charge is -2.26. The molecule has 1 fully saturated rings. The van der Waals surface area contributed by atoms with E-state index in [-0.39, 0.29) is 18.2 Å². The monoisotopic (exact) mass is 580 g/mol. The number of anilines is 1. The van der Waals surface area contributed by atoms with Gasteiger partial charge in [-0.25, -0.2) is 9.78 Å². The van der Waals surface area contributed by atoms with Crippen LogP contribution in [-0.2, 0) is 11.3 Å². The van der Waals surface area contributed by atoms with E-state index in [2.05, 4.69) is 4.98 Å². The van der Waals surface area contributed by atoms with Crippen LogP contribution in [0.4, 0.5) is 10.5 Å². The lowest BCUT2D eigenvalue weighted by Crippen LogP contribution is -2.29. The number of fused-ring (bicyclic) bond motifs is 1. The van der Waals surface area contributed by atoms with Gasteiger partial charge in [-0.05, 0) is 49.6 Å². The van der Waals surface area contributed by atoms with Crippen LogP contribution in [0, 0.1) is 6.92 Å². The van der Waals surface area contributed by atoms with Gasteiger partial charge in [0.05, 0.1) is 24.4 Å². The number of allylic oxidation sites excluding steroid dienone is 1. The molecule has 1 aliphatic carbocycles. The van der Waals surface area contributed by atoms with E-state index in [0.29, 0.717) is 34.7 Å². The van der Waals surface area contributed by atoms with Gasteiger partial charge in [0, 0.05) is 37.2 Å². The van der Waals surface area contributed by atoms with Crippen LogP contribution < -0.4 is 15.2 Å². The third kappa shape index (κ3) is 5.77. The number of H-pyrrole nitrogens is 1. The zero-order valence-electron chi connectivity index (χ0n) is 24.7. The summed E-state index contributed by atoms with van der Waals surface area (Å²) in [6.45, 7) is 2.67. The summed E-state index contributed by atoms with van der Waals surface area (Å²) in [7, 11) is 3.30. The molecule has 222 valence electrons. The van der Waals surface area contributed by atoms with Crippen LogP contribution in [0.25, 0.3) is 22.4 Å². The standard InChI is InChI=1S/C33H36N6O4/c1-22-29-30(39(36-22)25-12-8-5-9-13-25)32(40)35-31(34-29)27-15-14-26(20-28(27)42-3)38-18-16-24(17-19-38)37(2)33(41)43-21-23-10-6-4-7-11-23/h4,6-7,10-11,14-18,20,25H,5,8-9,12-13,19,21H2,1-3H3,(H,34,35,40). The molecule has 2 aromatic carbocycles. The molecule has 1 aliphatic heterocycles. The number of nitrogens with one attached hydrogen (secondary N) is 1. The quantitative estimate of drug-likeness (QED) is 0.282. The zero-order chi connectivity index (χ0) is 29.9. The van der Waals surface area contributed by atoms with Crippen LogP contribution in [0.1, 0.15) is 49.4 Å². The molecule has 0 bridgehead atoms. The Hall–Kier alpha value is -4.86. The molecule has 1 saturated carbocycles. The average Bonchev–Trinajstić information content (AvgIpc) is 3.40. The molecule has 1 N–H and O–H groups in total. The van der Waals surface area contributed by atoms with Crippen molar-refractivity contribution >= 4 is 22.8 Å². The highest BCUT2D eigenvalue weighted by atomic mass is 16.6. The van der Waals surface area contributed by atoms with Crippen molar-refractivity contribution in [2.45, 2.75) is 51.7 Å². The van der Waals surface area contributed by atoms with Crippen LogP contribution in [0.3, 0.4) is 0 Å². The first-order valence-electron chi connectivity index (χ1n) is 14.7. The summed E-state index contributed by atoms with van der Waals surface area (Å²) >= 11 is 0. The van der Waals surface area contributed by atoms with Gasteiger partial charge < -0.3 is 19.4 Å². The summed E-state index contributed by atoms with van der Waals surface area (Å²) in [6.07, 6.45) is 10.9. The van der Waals surface area contributed by atoms with Crippen molar-refractivity contribution in [2.75, 3.05) is 25.6 Å². The molecule has 2 aliphatic rings. The van der Waals surface area contributed by atoms with Crippen molar-refractivity contribution in [2.24, 2.45) is 0 Å². The molecule has 0 atom stereocenters. The number of carbonyl (C=O) groups excluding carboxylic acids is 1. The van der Waals surface area contributed by atoms with Crippen LogP contribution in [0.5, 0.6) is 5.75 Å². The van der Waals surface area contributed by atoms with Gasteiger partial charge in [0.2, 0.25) is 0 Å². The van der Waals surface area contributed by atoms with Crippen molar-refractivity contribution in [3.8, 4) is 17.1 Å². The van der Waals surface area contributed by atoms with Crippen LogP contribution in [-0.4, -0.2) is 51.4 Å². The lowest BCUT2D eigenvalue weighted by molar-refractivity contribution is 0.114. The van der Waals surface area contributed by atoms with Crippen molar-refractivity contribution < 1.29 is 14.3 Å². The van der Waals surface area contributed by atoms with E-state index in [4.69, 9.17) is 19.6 Å². The maximum absolute atomic E-state index is 13.4. The number of ether oxygens (including phenoxy) is 2. The fourth-order valence-electron chi connectivity index (χ4n) is 5.81. The van der Waals surface area contributed by atoms with Gasteiger partial charge in [0.1, 0.15) is 23.7 Å². The predicted octanol–water partition coefficient (Wildman–Crippen LogP) is 6.10. The Labute approximate surface area is 250 Å². The van der Waals surface area contributed by atoms with Crippen molar-refractivity contribution in [1.82, 2.24) is 24.6 Å². The minimum Gasteiger partial charge on any atom is -0.496 e. The molecule has 0 unspecified atom stereocenters. The topological polar surface area (TPSA) is 106 Å². The third-order valence-corrected chi connectivity index (χ3v) is 8.21. The summed E-state index contributed by atoms with van der Waals surface area (Å²) in [5.74, 6) is 1.03. The first-order chi connectivity index (χ1) is 20.9. The van der Waals surface area contributed by atoms with E-state index in [1.807, 2.05) is 83.4 Å². The molecule has 43 heavy (non-hydrogen) atoms. The highest BCUT2D eigenvalue weighted by Gasteiger charge is 2.24. The van der Waals surface area contributed by atoms with Gasteiger partial charge >= 0.3 is 6.09 Å². The Bertz CT molecular complexity index is 1750. The summed E-state index contributed by atoms with van der Waals surface area (Å²) in [5.41, 5.74) is 4.98. The van der Waals surface area contributed by atoms with E-state index >= 15 is 0 Å². The number of nitrogens with zero attached hydrogens (tertiary/aromatic N) is 5. The Morgan fingerprint density at radius 3 is 2.63 bits per heavy atom. The van der Waals surface area contributed by atoms with Gasteiger partial charge in [0.25, 0.3) is 5.56 Å². The van der Waals surface area contributed by atoms with Crippen molar-refractivity contribution in [1.29, 1.82) is 0 Å². The number of aromatic nitrogens is 4. The van der Waals surface area contributed by atoms with Crippen molar-refractivity contribution in [3.05, 3.63) is 94.2 Å². The summed E-state index contributed by atoms with van der Waals surface area (Å²) in [5, 5.41) is 4.73. The Morgan fingerprint density at radius 1 is 1.12 bits per heavy atom. The zero-order valence-corrected chi connectivity index (χ0v) is 24.7. The smallest absolute Gasteiger partial charge is 0.414 e. The second-order valence-electron chi connectivity index (χ2n) is 11.0. The third-order valence-electron chi connectivity index (χ3n) is 8.21. The number of likely N-dealkylation sites (N-methyl/N-ethyl adjacent to an activating group) is 1. The molecular weight excluding hydrogens is 544 g/mol. The minimum atomic E-state index is -0.419. The number of hydrogen-bond acceptors (Lipinski definition) is 7. The van der Waals surface area contributed by atoms with Crippen LogP contribution in [0.15, 0.2) is 77.4 Å². The van der Waals surface area contributed by atoms with Gasteiger partial charge in [-0.3, -0.25) is 14.4 Å². The van der Waals surface area contributed by atoms with Gasteiger partial charge in [0.15, 0.2) is 5.52 Å². The molecule has 2 aromatic heterocycles. The average molecular weight is 581 g/mol. The fraction of sp³-hybridized carbons (Fsp3) is 0.333. The van der Waals surface area contributed by atoms with Crippen LogP contribution in [0.2, 0.25) is 0 Å². The number of rotatable bonds is 7. The Balaban J connectivity index is 1.18. The second kappa shape index (κ2) is 12.2.